The Morgan fingerprint density at radius 3 is 2.40 bits per heavy atom. The van der Waals surface area contributed by atoms with Gasteiger partial charge in [-0.3, -0.25) is 4.57 Å². The van der Waals surface area contributed by atoms with Gasteiger partial charge in [-0.15, -0.1) is 0 Å². The van der Waals surface area contributed by atoms with Crippen molar-refractivity contribution in [2.24, 2.45) is 0 Å². The highest BCUT2D eigenvalue weighted by atomic mass is 15.2. The molecule has 6 nitrogen and oxygen atoms in total. The number of aryl methyl sites for hydroxylation is 2. The van der Waals surface area contributed by atoms with Crippen LogP contribution < -0.4 is 5.73 Å². The summed E-state index contributed by atoms with van der Waals surface area (Å²) in [6.07, 6.45) is 5.05. The van der Waals surface area contributed by atoms with E-state index in [0.29, 0.717) is 11.8 Å². The third-order valence-corrected chi connectivity index (χ3v) is 2.86. The molecular formula is C14H14N6. The predicted octanol–water partition coefficient (Wildman–Crippen LogP) is 1.92. The molecule has 0 aliphatic rings. The number of hydrogen-bond acceptors (Lipinski definition) is 5. The van der Waals surface area contributed by atoms with E-state index in [-0.39, 0.29) is 5.95 Å². The van der Waals surface area contributed by atoms with E-state index in [0.717, 1.165) is 16.7 Å². The number of benzene rings is 1. The fraction of sp³-hybridized carbons (Fsp3) is 0.143. The number of nitrogens with two attached hydrogens (primary N) is 1. The van der Waals surface area contributed by atoms with E-state index in [2.05, 4.69) is 26.0 Å². The molecule has 6 heteroatoms. The van der Waals surface area contributed by atoms with Gasteiger partial charge in [0.2, 0.25) is 11.9 Å². The number of anilines is 1. The van der Waals surface area contributed by atoms with Crippen molar-refractivity contribution in [2.45, 2.75) is 13.8 Å². The van der Waals surface area contributed by atoms with Crippen molar-refractivity contribution >= 4 is 5.95 Å². The normalized spacial score (nSPS) is 10.7. The topological polar surface area (TPSA) is 82.5 Å². The number of imidazole rings is 1. The first kappa shape index (κ1) is 12.3. The Morgan fingerprint density at radius 2 is 1.75 bits per heavy atom. The zero-order valence-corrected chi connectivity index (χ0v) is 11.3. The molecule has 0 radical (unpaired) electrons. The lowest BCUT2D eigenvalue weighted by Crippen LogP contribution is -2.06. The molecule has 2 N–H and O–H groups in total. The van der Waals surface area contributed by atoms with E-state index in [4.69, 9.17) is 5.73 Å². The summed E-state index contributed by atoms with van der Waals surface area (Å²) in [6.45, 7) is 4.08. The molecule has 0 saturated heterocycles. The summed E-state index contributed by atoms with van der Waals surface area (Å²) in [7, 11) is 0. The van der Waals surface area contributed by atoms with Crippen LogP contribution in [0.1, 0.15) is 11.1 Å². The average Bonchev–Trinajstić information content (AvgIpc) is 2.90. The summed E-state index contributed by atoms with van der Waals surface area (Å²) >= 11 is 0. The van der Waals surface area contributed by atoms with E-state index in [1.165, 1.54) is 0 Å². The van der Waals surface area contributed by atoms with Crippen molar-refractivity contribution in [2.75, 3.05) is 5.73 Å². The molecule has 20 heavy (non-hydrogen) atoms. The maximum atomic E-state index is 5.78. The minimum Gasteiger partial charge on any atom is -0.368 e. The Bertz CT molecular complexity index is 728. The van der Waals surface area contributed by atoms with Crippen molar-refractivity contribution in [3.05, 3.63) is 48.0 Å². The van der Waals surface area contributed by atoms with Gasteiger partial charge in [0.25, 0.3) is 0 Å². The van der Waals surface area contributed by atoms with Gasteiger partial charge in [0.15, 0.2) is 5.82 Å². The molecule has 1 aromatic carbocycles. The van der Waals surface area contributed by atoms with Crippen LogP contribution >= 0.6 is 0 Å². The molecule has 0 atom stereocenters. The van der Waals surface area contributed by atoms with Gasteiger partial charge in [0.1, 0.15) is 6.33 Å². The van der Waals surface area contributed by atoms with Gasteiger partial charge in [0.05, 0.1) is 0 Å². The number of nitrogens with zero attached hydrogens (tertiary/aromatic N) is 5. The number of aromatic nitrogens is 5. The Morgan fingerprint density at radius 1 is 1.00 bits per heavy atom. The van der Waals surface area contributed by atoms with Crippen LogP contribution in [0.3, 0.4) is 0 Å². The van der Waals surface area contributed by atoms with Crippen LogP contribution in [0.25, 0.3) is 17.3 Å². The Balaban J connectivity index is 2.14. The monoisotopic (exact) mass is 266 g/mol. The highest BCUT2D eigenvalue weighted by Crippen LogP contribution is 2.20. The van der Waals surface area contributed by atoms with Gasteiger partial charge in [-0.05, 0) is 26.0 Å². The lowest BCUT2D eigenvalue weighted by Gasteiger charge is -2.07. The summed E-state index contributed by atoms with van der Waals surface area (Å²) in [4.78, 5) is 16.8. The predicted molar refractivity (Wildman–Crippen MR) is 76.3 cm³/mol. The lowest BCUT2D eigenvalue weighted by molar-refractivity contribution is 0.906. The zero-order chi connectivity index (χ0) is 14.1. The van der Waals surface area contributed by atoms with Gasteiger partial charge in [0, 0.05) is 18.0 Å². The van der Waals surface area contributed by atoms with E-state index >= 15 is 0 Å². The fourth-order valence-electron chi connectivity index (χ4n) is 2.11. The number of nitrogen functional groups attached to an aromatic ring is 1. The van der Waals surface area contributed by atoms with Crippen LogP contribution in [0.4, 0.5) is 5.95 Å². The Hall–Kier alpha value is -2.76. The minimum absolute atomic E-state index is 0.192. The van der Waals surface area contributed by atoms with Gasteiger partial charge >= 0.3 is 0 Å². The van der Waals surface area contributed by atoms with Gasteiger partial charge in [-0.25, -0.2) is 4.98 Å². The third-order valence-electron chi connectivity index (χ3n) is 2.86. The molecule has 2 aromatic heterocycles. The van der Waals surface area contributed by atoms with E-state index in [1.54, 1.807) is 23.3 Å². The van der Waals surface area contributed by atoms with Gasteiger partial charge < -0.3 is 5.73 Å². The second kappa shape index (κ2) is 4.73. The summed E-state index contributed by atoms with van der Waals surface area (Å²) in [5.74, 6) is 1.22. The Labute approximate surface area is 116 Å². The van der Waals surface area contributed by atoms with Crippen molar-refractivity contribution in [1.82, 2.24) is 24.5 Å². The van der Waals surface area contributed by atoms with E-state index in [9.17, 15) is 0 Å². The van der Waals surface area contributed by atoms with Crippen molar-refractivity contribution < 1.29 is 0 Å². The fourth-order valence-corrected chi connectivity index (χ4v) is 2.11. The van der Waals surface area contributed by atoms with Crippen LogP contribution in [0, 0.1) is 13.8 Å². The lowest BCUT2D eigenvalue weighted by atomic mass is 10.1. The highest BCUT2D eigenvalue weighted by molar-refractivity contribution is 5.59. The van der Waals surface area contributed by atoms with Crippen LogP contribution in [0.2, 0.25) is 0 Å². The largest absolute Gasteiger partial charge is 0.368 e. The molecule has 3 aromatic rings. The molecule has 0 saturated carbocycles. The first-order valence-corrected chi connectivity index (χ1v) is 6.20. The third kappa shape index (κ3) is 2.35. The summed E-state index contributed by atoms with van der Waals surface area (Å²) in [6, 6.07) is 6.16. The molecule has 0 fully saturated rings. The molecule has 100 valence electrons. The maximum absolute atomic E-state index is 5.78. The van der Waals surface area contributed by atoms with E-state index in [1.807, 2.05) is 26.0 Å². The second-order valence-electron chi connectivity index (χ2n) is 4.66. The minimum atomic E-state index is 0.192. The van der Waals surface area contributed by atoms with E-state index < -0.39 is 0 Å². The standard InChI is InChI=1S/C14H14N6/c1-9-5-10(2)7-11(6-9)12-17-13(15)19-14(18-12)20-4-3-16-8-20/h3-8H,1-2H3,(H2,15,17,18,19). The van der Waals surface area contributed by atoms with Crippen LogP contribution in [0.5, 0.6) is 0 Å². The smallest absolute Gasteiger partial charge is 0.240 e. The van der Waals surface area contributed by atoms with Crippen LogP contribution in [0.15, 0.2) is 36.9 Å². The first-order chi connectivity index (χ1) is 9.61. The molecule has 0 bridgehead atoms. The molecule has 0 aliphatic carbocycles. The highest BCUT2D eigenvalue weighted by Gasteiger charge is 2.09. The number of rotatable bonds is 2. The first-order valence-electron chi connectivity index (χ1n) is 6.20. The summed E-state index contributed by atoms with van der Waals surface area (Å²) in [5, 5.41) is 0. The van der Waals surface area contributed by atoms with Crippen molar-refractivity contribution in [3.8, 4) is 17.3 Å². The number of hydrogen-bond donors (Lipinski definition) is 1. The summed E-state index contributed by atoms with van der Waals surface area (Å²) < 4.78 is 1.70. The Kier molecular flexibility index (Phi) is 2.90. The van der Waals surface area contributed by atoms with Crippen LogP contribution in [-0.4, -0.2) is 24.5 Å². The molecule has 0 aliphatic heterocycles. The van der Waals surface area contributed by atoms with Crippen molar-refractivity contribution in [1.29, 1.82) is 0 Å². The van der Waals surface area contributed by atoms with Crippen LogP contribution in [-0.2, 0) is 0 Å². The van der Waals surface area contributed by atoms with Gasteiger partial charge in [-0.2, -0.15) is 15.0 Å². The second-order valence-corrected chi connectivity index (χ2v) is 4.66. The zero-order valence-electron chi connectivity index (χ0n) is 11.3. The molecule has 2 heterocycles. The SMILES string of the molecule is Cc1cc(C)cc(-c2nc(N)nc(-n3ccnc3)n2)c1. The molecule has 0 unspecified atom stereocenters. The quantitative estimate of drug-likeness (QED) is 0.766. The van der Waals surface area contributed by atoms with Crippen molar-refractivity contribution in [3.63, 3.8) is 0 Å². The molecule has 3 rings (SSSR count). The molecule has 0 spiro atoms. The average molecular weight is 266 g/mol. The maximum Gasteiger partial charge on any atom is 0.240 e. The molecule has 0 amide bonds. The molecular weight excluding hydrogens is 252 g/mol. The van der Waals surface area contributed by atoms with Gasteiger partial charge in [-0.1, -0.05) is 17.2 Å². The summed E-state index contributed by atoms with van der Waals surface area (Å²) in [5.41, 5.74) is 9.02.